The summed E-state index contributed by atoms with van der Waals surface area (Å²) in [7, 11) is 0. The molecule has 1 fully saturated rings. The SMILES string of the molecule is N[C@H]1C[C@H]([18F])C1. The van der Waals surface area contributed by atoms with E-state index in [4.69, 9.17) is 5.73 Å². The van der Waals surface area contributed by atoms with Crippen LogP contribution in [0.4, 0.5) is 4.39 Å². The molecule has 1 nitrogen and oxygen atoms in total. The molecule has 0 unspecified atom stereocenters. The number of hydrogen-bond acceptors (Lipinski definition) is 1. The van der Waals surface area contributed by atoms with Gasteiger partial charge in [0.1, 0.15) is 6.17 Å². The zero-order valence-electron chi connectivity index (χ0n) is 3.52. The second-order valence-electron chi connectivity index (χ2n) is 1.83. The fourth-order valence-electron chi connectivity index (χ4n) is 0.588. The molecule has 6 heavy (non-hydrogen) atoms. The number of rotatable bonds is 0. The predicted octanol–water partition coefficient (Wildman–Crippen LogP) is 0.446. The van der Waals surface area contributed by atoms with Gasteiger partial charge in [-0.3, -0.25) is 0 Å². The van der Waals surface area contributed by atoms with Gasteiger partial charge >= 0.3 is 0 Å². The largest absolute Gasteiger partial charge is 0.327 e. The number of nitrogens with two attached hydrogens (primary N) is 1. The molecule has 2 N–H and O–H groups in total. The van der Waals surface area contributed by atoms with Crippen LogP contribution in [0.2, 0.25) is 0 Å². The normalized spacial score (nSPS) is 45.0. The Hall–Kier alpha value is -0.110. The maximum Gasteiger partial charge on any atom is 0.103 e. The van der Waals surface area contributed by atoms with Crippen LogP contribution < -0.4 is 5.73 Å². The molecule has 0 aliphatic heterocycles. The smallest absolute Gasteiger partial charge is 0.103 e. The van der Waals surface area contributed by atoms with Crippen molar-refractivity contribution in [1.82, 2.24) is 0 Å². The lowest BCUT2D eigenvalue weighted by Crippen LogP contribution is -2.37. The van der Waals surface area contributed by atoms with E-state index in [9.17, 15) is 4.39 Å². The average molecular weight is 88.1 g/mol. The summed E-state index contributed by atoms with van der Waals surface area (Å²) in [4.78, 5) is 0. The van der Waals surface area contributed by atoms with Crippen LogP contribution in [0.5, 0.6) is 0 Å². The summed E-state index contributed by atoms with van der Waals surface area (Å²) in [5.74, 6) is 0. The van der Waals surface area contributed by atoms with E-state index in [0.717, 1.165) is 0 Å². The van der Waals surface area contributed by atoms with Gasteiger partial charge in [0, 0.05) is 6.04 Å². The molecule has 0 heterocycles. The summed E-state index contributed by atoms with van der Waals surface area (Å²) in [6, 6.07) is 0.167. The van der Waals surface area contributed by atoms with Crippen LogP contribution in [-0.4, -0.2) is 12.2 Å². The summed E-state index contributed by atoms with van der Waals surface area (Å²) >= 11 is 0. The van der Waals surface area contributed by atoms with Crippen molar-refractivity contribution in [1.29, 1.82) is 0 Å². The molecule has 2 heteroatoms. The highest BCUT2D eigenvalue weighted by Crippen LogP contribution is 2.20. The molecule has 36 valence electrons. The summed E-state index contributed by atoms with van der Waals surface area (Å²) in [6.07, 6.45) is 0.583. The van der Waals surface area contributed by atoms with Gasteiger partial charge in [0.25, 0.3) is 0 Å². The van der Waals surface area contributed by atoms with E-state index < -0.39 is 6.17 Å². The molecule has 0 atom stereocenters. The van der Waals surface area contributed by atoms with Crippen molar-refractivity contribution < 1.29 is 4.39 Å². The second kappa shape index (κ2) is 1.19. The molecule has 1 aliphatic carbocycles. The van der Waals surface area contributed by atoms with Gasteiger partial charge in [-0.2, -0.15) is 0 Å². The van der Waals surface area contributed by atoms with Crippen molar-refractivity contribution >= 4 is 0 Å². The molecular formula is C4H8FN. The molecular weight excluding hydrogens is 80.1 g/mol. The summed E-state index contributed by atoms with van der Waals surface area (Å²) < 4.78 is 11.7. The molecule has 0 aromatic rings. The monoisotopic (exact) mass is 88.1 g/mol. The highest BCUT2D eigenvalue weighted by molar-refractivity contribution is 4.81. The Kier molecular flexibility index (Phi) is 0.804. The maximum absolute atomic E-state index is 11.7. The summed E-state index contributed by atoms with van der Waals surface area (Å²) in [6.45, 7) is 0. The van der Waals surface area contributed by atoms with Gasteiger partial charge in [-0.1, -0.05) is 0 Å². The van der Waals surface area contributed by atoms with Gasteiger partial charge < -0.3 is 5.73 Å². The van der Waals surface area contributed by atoms with E-state index in [1.54, 1.807) is 0 Å². The van der Waals surface area contributed by atoms with Gasteiger partial charge in [0.2, 0.25) is 0 Å². The number of hydrogen-bond donors (Lipinski definition) is 1. The molecule has 0 aromatic heterocycles. The van der Waals surface area contributed by atoms with Gasteiger partial charge in [-0.15, -0.1) is 0 Å². The van der Waals surface area contributed by atoms with Crippen molar-refractivity contribution in [3.63, 3.8) is 0 Å². The Morgan fingerprint density at radius 3 is 2.00 bits per heavy atom. The molecule has 1 rings (SSSR count). The third-order valence-electron chi connectivity index (χ3n) is 1.12. The first-order valence-corrected chi connectivity index (χ1v) is 2.18. The van der Waals surface area contributed by atoms with E-state index in [-0.39, 0.29) is 6.04 Å². The Balaban J connectivity index is 2.11. The van der Waals surface area contributed by atoms with Gasteiger partial charge in [-0.05, 0) is 12.8 Å². The Labute approximate surface area is 36.3 Å². The van der Waals surface area contributed by atoms with Crippen molar-refractivity contribution in [2.45, 2.75) is 25.1 Å². The van der Waals surface area contributed by atoms with Gasteiger partial charge in [0.05, 0.1) is 0 Å². The first kappa shape index (κ1) is 4.06. The van der Waals surface area contributed by atoms with Crippen LogP contribution >= 0.6 is 0 Å². The highest BCUT2D eigenvalue weighted by Gasteiger charge is 2.24. The van der Waals surface area contributed by atoms with Crippen LogP contribution in [0.25, 0.3) is 0 Å². The number of alkyl halides is 1. The van der Waals surface area contributed by atoms with Crippen LogP contribution in [0.3, 0.4) is 0 Å². The number of halogens is 1. The topological polar surface area (TPSA) is 26.0 Å². The Morgan fingerprint density at radius 2 is 2.00 bits per heavy atom. The van der Waals surface area contributed by atoms with Crippen LogP contribution in [0.15, 0.2) is 0 Å². The standard InChI is InChI=1S/C4H8FN/c5-3-1-4(6)2-3/h3-4H,1-2,6H2/t3-,4-/i5-1. The average Bonchev–Trinajstić information content (AvgIpc) is 1.33. The first-order chi connectivity index (χ1) is 2.79. The van der Waals surface area contributed by atoms with Gasteiger partial charge in [-0.25, -0.2) is 4.39 Å². The lowest BCUT2D eigenvalue weighted by molar-refractivity contribution is 0.181. The third kappa shape index (κ3) is 0.522. The first-order valence-electron chi connectivity index (χ1n) is 2.18. The lowest BCUT2D eigenvalue weighted by atomic mass is 9.92. The van der Waals surface area contributed by atoms with E-state index >= 15 is 0 Å². The highest BCUT2D eigenvalue weighted by atomic mass is 18.2. The molecule has 1 saturated carbocycles. The minimum Gasteiger partial charge on any atom is -0.327 e. The van der Waals surface area contributed by atoms with E-state index in [1.807, 2.05) is 0 Å². The van der Waals surface area contributed by atoms with Crippen LogP contribution in [0, 0.1) is 0 Å². The second-order valence-corrected chi connectivity index (χ2v) is 1.83. The van der Waals surface area contributed by atoms with Crippen molar-refractivity contribution in [2.24, 2.45) is 5.73 Å². The fourth-order valence-corrected chi connectivity index (χ4v) is 0.588. The Bertz CT molecular complexity index is 43.5. The fraction of sp³-hybridized carbons (Fsp3) is 1.00. The lowest BCUT2D eigenvalue weighted by Gasteiger charge is -2.24. The zero-order chi connectivity index (χ0) is 4.57. The van der Waals surface area contributed by atoms with Crippen molar-refractivity contribution in [2.75, 3.05) is 0 Å². The van der Waals surface area contributed by atoms with E-state index in [2.05, 4.69) is 0 Å². The van der Waals surface area contributed by atoms with Crippen molar-refractivity contribution in [3.05, 3.63) is 0 Å². The molecule has 1 aliphatic rings. The minimum absolute atomic E-state index is 0.167. The zero-order valence-corrected chi connectivity index (χ0v) is 3.52. The third-order valence-corrected chi connectivity index (χ3v) is 1.12. The predicted molar refractivity (Wildman–Crippen MR) is 22.1 cm³/mol. The van der Waals surface area contributed by atoms with E-state index in [1.165, 1.54) is 0 Å². The molecule has 0 saturated heterocycles. The van der Waals surface area contributed by atoms with Crippen LogP contribution in [0.1, 0.15) is 12.8 Å². The molecule has 0 radical (unpaired) electrons. The molecule has 0 amide bonds. The quantitative estimate of drug-likeness (QED) is 0.457. The minimum atomic E-state index is -0.583. The summed E-state index contributed by atoms with van der Waals surface area (Å²) in [5.41, 5.74) is 5.23. The van der Waals surface area contributed by atoms with Gasteiger partial charge in [0.15, 0.2) is 0 Å². The summed E-state index contributed by atoms with van der Waals surface area (Å²) in [5, 5.41) is 0. The maximum atomic E-state index is 11.7. The van der Waals surface area contributed by atoms with Crippen LogP contribution in [-0.2, 0) is 0 Å². The molecule has 0 spiro atoms. The molecule has 0 aromatic carbocycles. The Morgan fingerprint density at radius 1 is 1.50 bits per heavy atom. The van der Waals surface area contributed by atoms with Crippen molar-refractivity contribution in [3.8, 4) is 0 Å². The van der Waals surface area contributed by atoms with E-state index in [0.29, 0.717) is 12.8 Å². The molecule has 0 bridgehead atoms.